The maximum Gasteiger partial charge on any atom is 0.389 e. The van der Waals surface area contributed by atoms with Crippen molar-refractivity contribution in [2.75, 3.05) is 18.8 Å². The fourth-order valence-corrected chi connectivity index (χ4v) is 3.63. The van der Waals surface area contributed by atoms with Crippen molar-refractivity contribution in [2.45, 2.75) is 31.9 Å². The quantitative estimate of drug-likeness (QED) is 0.344. The lowest BCUT2D eigenvalue weighted by Crippen LogP contribution is -2.42. The molecule has 0 saturated carbocycles. The second-order valence-corrected chi connectivity index (χ2v) is 6.82. The van der Waals surface area contributed by atoms with Crippen molar-refractivity contribution in [2.24, 2.45) is 16.8 Å². The second-order valence-electron chi connectivity index (χ2n) is 4.73. The largest absolute Gasteiger partial charge is 0.409 e. The Hall–Kier alpha value is -1.03. The maximum atomic E-state index is 12.0. The molecule has 0 aromatic rings. The van der Waals surface area contributed by atoms with Crippen LogP contribution in [0.25, 0.3) is 0 Å². The molecule has 0 unspecified atom stereocenters. The summed E-state index contributed by atoms with van der Waals surface area (Å²) in [4.78, 5) is 0. The number of oxime groups is 1. The fourth-order valence-electron chi connectivity index (χ4n) is 2.10. The highest BCUT2D eigenvalue weighted by Crippen LogP contribution is 2.24. The van der Waals surface area contributed by atoms with Crippen molar-refractivity contribution in [1.29, 1.82) is 0 Å². The average Bonchev–Trinajstić information content (AvgIpc) is 2.36. The molecule has 0 amide bonds. The number of piperidine rings is 1. The number of nitrogens with two attached hydrogens (primary N) is 1. The summed E-state index contributed by atoms with van der Waals surface area (Å²) in [5.41, 5.74) is 5.44. The predicted molar refractivity (Wildman–Crippen MR) is 66.8 cm³/mol. The van der Waals surface area contributed by atoms with E-state index in [1.165, 1.54) is 4.31 Å². The van der Waals surface area contributed by atoms with Gasteiger partial charge in [0.05, 0.1) is 5.75 Å². The van der Waals surface area contributed by atoms with Crippen LogP contribution >= 0.6 is 0 Å². The number of amidine groups is 1. The number of alkyl halides is 3. The van der Waals surface area contributed by atoms with Crippen LogP contribution in [0.1, 0.15) is 25.7 Å². The first kappa shape index (κ1) is 17.0. The summed E-state index contributed by atoms with van der Waals surface area (Å²) in [6, 6.07) is 0. The summed E-state index contributed by atoms with van der Waals surface area (Å²) < 4.78 is 60.9. The minimum absolute atomic E-state index is 0.0547. The molecule has 6 nitrogen and oxygen atoms in total. The zero-order valence-corrected chi connectivity index (χ0v) is 11.6. The Balaban J connectivity index is 2.47. The van der Waals surface area contributed by atoms with Gasteiger partial charge in [-0.3, -0.25) is 0 Å². The molecular formula is C10H18F3N3O3S. The summed E-state index contributed by atoms with van der Waals surface area (Å²) in [6.45, 7) is 0.352. The number of rotatable bonds is 5. The third-order valence-corrected chi connectivity index (χ3v) is 5.20. The van der Waals surface area contributed by atoms with Crippen LogP contribution in [0.4, 0.5) is 13.2 Å². The smallest absolute Gasteiger partial charge is 0.389 e. The Kier molecular flexibility index (Phi) is 5.63. The molecular weight excluding hydrogens is 299 g/mol. The molecule has 1 heterocycles. The average molecular weight is 317 g/mol. The monoisotopic (exact) mass is 317 g/mol. The van der Waals surface area contributed by atoms with Crippen LogP contribution in [-0.2, 0) is 10.0 Å². The standard InChI is InChI=1S/C10H18F3N3O3S/c11-10(12,13)4-1-7-20(18,19)16-5-2-8(3-6-16)9(14)15-17/h8,17H,1-7H2,(H2,14,15). The molecule has 0 bridgehead atoms. The van der Waals surface area contributed by atoms with Crippen LogP contribution in [0.3, 0.4) is 0 Å². The molecule has 3 N–H and O–H groups in total. The number of sulfonamides is 1. The van der Waals surface area contributed by atoms with Gasteiger partial charge in [-0.25, -0.2) is 12.7 Å². The van der Waals surface area contributed by atoms with Gasteiger partial charge in [-0.2, -0.15) is 13.2 Å². The van der Waals surface area contributed by atoms with Gasteiger partial charge >= 0.3 is 6.18 Å². The molecule has 20 heavy (non-hydrogen) atoms. The van der Waals surface area contributed by atoms with Crippen LogP contribution in [0.5, 0.6) is 0 Å². The molecule has 118 valence electrons. The van der Waals surface area contributed by atoms with E-state index in [4.69, 9.17) is 10.9 Å². The lowest BCUT2D eigenvalue weighted by atomic mass is 9.97. The fraction of sp³-hybridized carbons (Fsp3) is 0.900. The Morgan fingerprint density at radius 1 is 1.35 bits per heavy atom. The van der Waals surface area contributed by atoms with Gasteiger partial charge in [0.2, 0.25) is 10.0 Å². The van der Waals surface area contributed by atoms with Crippen LogP contribution in [-0.4, -0.2) is 48.8 Å². The van der Waals surface area contributed by atoms with Gasteiger partial charge in [0, 0.05) is 25.4 Å². The molecule has 0 aliphatic carbocycles. The molecule has 0 spiro atoms. The van der Waals surface area contributed by atoms with Crippen LogP contribution in [0, 0.1) is 5.92 Å². The number of hydrogen-bond acceptors (Lipinski definition) is 4. The molecule has 10 heteroatoms. The van der Waals surface area contributed by atoms with E-state index in [9.17, 15) is 21.6 Å². The Morgan fingerprint density at radius 2 is 1.90 bits per heavy atom. The zero-order chi connectivity index (χ0) is 15.4. The first-order chi connectivity index (χ1) is 9.15. The maximum absolute atomic E-state index is 12.0. The van der Waals surface area contributed by atoms with E-state index in [0.29, 0.717) is 12.8 Å². The van der Waals surface area contributed by atoms with Crippen LogP contribution < -0.4 is 5.73 Å². The molecule has 0 aromatic carbocycles. The summed E-state index contributed by atoms with van der Waals surface area (Å²) in [5.74, 6) is -0.651. The highest BCUT2D eigenvalue weighted by atomic mass is 32.2. The molecule has 1 aliphatic rings. The number of hydrogen-bond donors (Lipinski definition) is 2. The van der Waals surface area contributed by atoms with E-state index in [0.717, 1.165) is 0 Å². The van der Waals surface area contributed by atoms with Crippen molar-refractivity contribution < 1.29 is 26.8 Å². The third kappa shape index (κ3) is 5.16. The van der Waals surface area contributed by atoms with Crippen LogP contribution in [0.15, 0.2) is 5.16 Å². The van der Waals surface area contributed by atoms with Gasteiger partial charge in [-0.1, -0.05) is 5.16 Å². The molecule has 1 aliphatic heterocycles. The highest BCUT2D eigenvalue weighted by Gasteiger charge is 2.31. The Labute approximate surface area is 115 Å². The van der Waals surface area contributed by atoms with Crippen molar-refractivity contribution in [3.63, 3.8) is 0 Å². The number of halogens is 3. The molecule has 0 aromatic heterocycles. The minimum Gasteiger partial charge on any atom is -0.409 e. The van der Waals surface area contributed by atoms with Crippen LogP contribution in [0.2, 0.25) is 0 Å². The Bertz CT molecular complexity index is 442. The molecule has 0 atom stereocenters. The summed E-state index contributed by atoms with van der Waals surface area (Å²) in [7, 11) is -3.67. The summed E-state index contributed by atoms with van der Waals surface area (Å²) >= 11 is 0. The van der Waals surface area contributed by atoms with E-state index in [2.05, 4.69) is 5.16 Å². The van der Waals surface area contributed by atoms with E-state index in [1.807, 2.05) is 0 Å². The van der Waals surface area contributed by atoms with Gasteiger partial charge in [-0.15, -0.1) is 0 Å². The second kappa shape index (κ2) is 6.61. The van der Waals surface area contributed by atoms with Crippen molar-refractivity contribution in [3.05, 3.63) is 0 Å². The van der Waals surface area contributed by atoms with Gasteiger partial charge in [0.1, 0.15) is 5.84 Å². The predicted octanol–water partition coefficient (Wildman–Crippen LogP) is 1.12. The van der Waals surface area contributed by atoms with E-state index in [-0.39, 0.29) is 24.8 Å². The van der Waals surface area contributed by atoms with E-state index in [1.54, 1.807) is 0 Å². The lowest BCUT2D eigenvalue weighted by Gasteiger charge is -2.30. The van der Waals surface area contributed by atoms with E-state index < -0.39 is 34.8 Å². The highest BCUT2D eigenvalue weighted by molar-refractivity contribution is 7.89. The summed E-state index contributed by atoms with van der Waals surface area (Å²) in [5, 5.41) is 11.4. The lowest BCUT2D eigenvalue weighted by molar-refractivity contribution is -0.134. The third-order valence-electron chi connectivity index (χ3n) is 3.24. The van der Waals surface area contributed by atoms with E-state index >= 15 is 0 Å². The normalized spacial score (nSPS) is 20.2. The topological polar surface area (TPSA) is 96.0 Å². The molecule has 0 radical (unpaired) electrons. The van der Waals surface area contributed by atoms with Gasteiger partial charge in [0.25, 0.3) is 0 Å². The van der Waals surface area contributed by atoms with Crippen molar-refractivity contribution >= 4 is 15.9 Å². The zero-order valence-electron chi connectivity index (χ0n) is 10.8. The molecule has 1 saturated heterocycles. The van der Waals surface area contributed by atoms with Crippen molar-refractivity contribution in [3.8, 4) is 0 Å². The van der Waals surface area contributed by atoms with Gasteiger partial charge in [0.15, 0.2) is 0 Å². The Morgan fingerprint density at radius 3 is 2.35 bits per heavy atom. The van der Waals surface area contributed by atoms with Gasteiger partial charge in [-0.05, 0) is 19.3 Å². The first-order valence-corrected chi connectivity index (χ1v) is 7.78. The summed E-state index contributed by atoms with van der Waals surface area (Å²) in [6.07, 6.45) is -5.09. The first-order valence-electron chi connectivity index (χ1n) is 6.17. The molecule has 1 fully saturated rings. The molecule has 1 rings (SSSR count). The SMILES string of the molecule is NC(=NO)C1CCN(S(=O)(=O)CCCC(F)(F)F)CC1. The minimum atomic E-state index is -4.34. The van der Waals surface area contributed by atoms with Gasteiger partial charge < -0.3 is 10.9 Å². The van der Waals surface area contributed by atoms with Crippen molar-refractivity contribution in [1.82, 2.24) is 4.31 Å². The number of nitrogens with zero attached hydrogens (tertiary/aromatic N) is 2.